The van der Waals surface area contributed by atoms with Gasteiger partial charge in [0.05, 0.1) is 5.70 Å². The number of hydrogen-bond donors (Lipinski definition) is 4. The van der Waals surface area contributed by atoms with Gasteiger partial charge in [0.1, 0.15) is 5.82 Å². The first-order valence-electron chi connectivity index (χ1n) is 3.68. The third-order valence-electron chi connectivity index (χ3n) is 1.25. The molecule has 0 bridgehead atoms. The van der Waals surface area contributed by atoms with Gasteiger partial charge in [-0.3, -0.25) is 5.84 Å². The molecule has 0 aliphatic heterocycles. The molecule has 0 aliphatic carbocycles. The van der Waals surface area contributed by atoms with Gasteiger partial charge in [0.15, 0.2) is 0 Å². The van der Waals surface area contributed by atoms with Crippen LogP contribution in [0.4, 0.5) is 0 Å². The summed E-state index contributed by atoms with van der Waals surface area (Å²) in [6, 6.07) is 0. The highest BCUT2D eigenvalue weighted by Crippen LogP contribution is 1.99. The molecule has 0 fully saturated rings. The molecule has 0 spiro atoms. The van der Waals surface area contributed by atoms with Crippen LogP contribution in [-0.4, -0.2) is 6.21 Å². The minimum atomic E-state index is 0.229. The lowest BCUT2D eigenvalue weighted by Crippen LogP contribution is -2.17. The van der Waals surface area contributed by atoms with Crippen LogP contribution in [0.1, 0.15) is 6.92 Å². The fraction of sp³-hybridized carbons (Fsp3) is 0.125. The topological polar surface area (TPSA) is 102 Å². The van der Waals surface area contributed by atoms with E-state index in [9.17, 15) is 0 Å². The Morgan fingerprint density at radius 1 is 1.46 bits per heavy atom. The summed E-state index contributed by atoms with van der Waals surface area (Å²) in [7, 11) is 0. The van der Waals surface area contributed by atoms with Gasteiger partial charge in [0, 0.05) is 18.0 Å². The van der Waals surface area contributed by atoms with E-state index in [4.69, 9.17) is 17.3 Å². The summed E-state index contributed by atoms with van der Waals surface area (Å²) in [6.45, 7) is 5.25. The molecule has 5 heteroatoms. The number of allylic oxidation sites excluding steroid dienone is 2. The molecule has 0 saturated carbocycles. The molecule has 0 aromatic carbocycles. The minimum absolute atomic E-state index is 0.229. The summed E-state index contributed by atoms with van der Waals surface area (Å²) in [5.74, 6) is 5.29. The number of nitrogens with two attached hydrogens (primary N) is 3. The van der Waals surface area contributed by atoms with Crippen LogP contribution in [-0.2, 0) is 0 Å². The van der Waals surface area contributed by atoms with Crippen molar-refractivity contribution in [2.24, 2.45) is 22.3 Å². The molecular formula is C8H15N5. The first-order valence-corrected chi connectivity index (χ1v) is 3.68. The number of nitrogens with one attached hydrogen (secondary N) is 1. The molecule has 0 amide bonds. The fourth-order valence-electron chi connectivity index (χ4n) is 0.641. The van der Waals surface area contributed by atoms with E-state index in [1.807, 2.05) is 6.92 Å². The maximum absolute atomic E-state index is 5.61. The Kier molecular flexibility index (Phi) is 5.06. The second kappa shape index (κ2) is 5.84. The van der Waals surface area contributed by atoms with E-state index in [1.54, 1.807) is 6.08 Å². The van der Waals surface area contributed by atoms with Crippen molar-refractivity contribution in [1.82, 2.24) is 5.43 Å². The van der Waals surface area contributed by atoms with Crippen LogP contribution < -0.4 is 22.7 Å². The van der Waals surface area contributed by atoms with Gasteiger partial charge in [-0.2, -0.15) is 0 Å². The third-order valence-corrected chi connectivity index (χ3v) is 1.25. The average molecular weight is 181 g/mol. The zero-order valence-electron chi connectivity index (χ0n) is 7.62. The predicted molar refractivity (Wildman–Crippen MR) is 55.2 cm³/mol. The van der Waals surface area contributed by atoms with Crippen molar-refractivity contribution in [2.75, 3.05) is 0 Å². The molecule has 0 rings (SSSR count). The van der Waals surface area contributed by atoms with Crippen LogP contribution in [0.5, 0.6) is 0 Å². The van der Waals surface area contributed by atoms with Crippen molar-refractivity contribution in [3.8, 4) is 0 Å². The minimum Gasteiger partial charge on any atom is -0.397 e. The summed E-state index contributed by atoms with van der Waals surface area (Å²) >= 11 is 0. The second-order valence-corrected chi connectivity index (χ2v) is 2.26. The molecule has 0 aromatic rings. The molecule has 0 aliphatic rings. The molecule has 0 heterocycles. The molecule has 72 valence electrons. The lowest BCUT2D eigenvalue weighted by molar-refractivity contribution is 0.952. The molecular weight excluding hydrogens is 166 g/mol. The average Bonchev–Trinajstić information content (AvgIpc) is 2.05. The quantitative estimate of drug-likeness (QED) is 0.207. The number of nitrogens with zero attached hydrogens (tertiary/aromatic N) is 1. The number of rotatable bonds is 4. The highest BCUT2D eigenvalue weighted by molar-refractivity contribution is 5.84. The maximum atomic E-state index is 5.61. The Balaban J connectivity index is 4.55. The van der Waals surface area contributed by atoms with E-state index in [0.717, 1.165) is 5.57 Å². The van der Waals surface area contributed by atoms with Crippen LogP contribution in [0.2, 0.25) is 0 Å². The molecule has 0 aromatic heterocycles. The normalized spacial score (nSPS) is 13.4. The molecule has 7 N–H and O–H groups in total. The van der Waals surface area contributed by atoms with Gasteiger partial charge in [-0.15, -0.1) is 0 Å². The fourth-order valence-corrected chi connectivity index (χ4v) is 0.641. The van der Waals surface area contributed by atoms with Crippen LogP contribution in [0, 0.1) is 0 Å². The second-order valence-electron chi connectivity index (χ2n) is 2.26. The van der Waals surface area contributed by atoms with Gasteiger partial charge in [-0.05, 0) is 6.92 Å². The van der Waals surface area contributed by atoms with Crippen LogP contribution in [0.15, 0.2) is 40.9 Å². The van der Waals surface area contributed by atoms with Gasteiger partial charge in [-0.25, -0.2) is 4.99 Å². The predicted octanol–water partition coefficient (Wildman–Crippen LogP) is -0.303. The van der Waals surface area contributed by atoms with Crippen molar-refractivity contribution in [1.29, 1.82) is 0 Å². The first kappa shape index (κ1) is 11.2. The van der Waals surface area contributed by atoms with E-state index in [1.165, 1.54) is 12.4 Å². The van der Waals surface area contributed by atoms with E-state index in [2.05, 4.69) is 17.0 Å². The number of hydrogen-bond acceptors (Lipinski definition) is 5. The van der Waals surface area contributed by atoms with E-state index in [-0.39, 0.29) is 5.82 Å². The Morgan fingerprint density at radius 3 is 2.46 bits per heavy atom. The molecule has 0 saturated heterocycles. The van der Waals surface area contributed by atoms with Crippen molar-refractivity contribution in [3.63, 3.8) is 0 Å². The van der Waals surface area contributed by atoms with Gasteiger partial charge in [0.25, 0.3) is 0 Å². The summed E-state index contributed by atoms with van der Waals surface area (Å²) in [6.07, 6.45) is 4.77. The number of hydrazine groups is 1. The molecule has 0 atom stereocenters. The Hall–Kier alpha value is -1.75. The summed E-state index contributed by atoms with van der Waals surface area (Å²) < 4.78 is 0. The zero-order valence-corrected chi connectivity index (χ0v) is 7.62. The first-order chi connectivity index (χ1) is 6.11. The molecule has 0 unspecified atom stereocenters. The van der Waals surface area contributed by atoms with Crippen molar-refractivity contribution in [3.05, 3.63) is 35.9 Å². The number of aliphatic imine (C=N–C) groups is 1. The molecule has 5 nitrogen and oxygen atoms in total. The maximum Gasteiger partial charge on any atom is 0.116 e. The SMILES string of the molecule is C=C(N)\N=C/C(=C\C)C(/N)=C/NN. The van der Waals surface area contributed by atoms with Gasteiger partial charge in [-0.1, -0.05) is 12.7 Å². The highest BCUT2D eigenvalue weighted by Gasteiger charge is 1.94. The summed E-state index contributed by atoms with van der Waals surface area (Å²) in [4.78, 5) is 3.80. The van der Waals surface area contributed by atoms with Crippen LogP contribution in [0.25, 0.3) is 0 Å². The van der Waals surface area contributed by atoms with Gasteiger partial charge in [0.2, 0.25) is 0 Å². The van der Waals surface area contributed by atoms with Gasteiger partial charge < -0.3 is 16.9 Å². The molecule has 13 heavy (non-hydrogen) atoms. The third kappa shape index (κ3) is 4.65. The Bertz CT molecular complexity index is 262. The van der Waals surface area contributed by atoms with Gasteiger partial charge >= 0.3 is 0 Å². The van der Waals surface area contributed by atoms with E-state index < -0.39 is 0 Å². The smallest absolute Gasteiger partial charge is 0.116 e. The Morgan fingerprint density at radius 2 is 2.08 bits per heavy atom. The largest absolute Gasteiger partial charge is 0.397 e. The highest BCUT2D eigenvalue weighted by atomic mass is 15.2. The zero-order chi connectivity index (χ0) is 10.3. The lowest BCUT2D eigenvalue weighted by atomic mass is 10.2. The van der Waals surface area contributed by atoms with Crippen LogP contribution >= 0.6 is 0 Å². The summed E-state index contributed by atoms with van der Waals surface area (Å²) in [5.41, 5.74) is 14.4. The van der Waals surface area contributed by atoms with Crippen molar-refractivity contribution in [2.45, 2.75) is 6.92 Å². The Labute approximate surface area is 77.7 Å². The monoisotopic (exact) mass is 181 g/mol. The summed E-state index contributed by atoms with van der Waals surface area (Å²) in [5, 5.41) is 0. The lowest BCUT2D eigenvalue weighted by Gasteiger charge is -2.00. The van der Waals surface area contributed by atoms with E-state index >= 15 is 0 Å². The van der Waals surface area contributed by atoms with E-state index in [0.29, 0.717) is 5.70 Å². The standard InChI is InChI=1S/C8H15N5/c1-3-7(4-12-6(2)9)8(10)5-13-11/h3-5,13H,2,9-11H2,1H3/b7-3+,8-5-,12-4-. The van der Waals surface area contributed by atoms with Crippen molar-refractivity contribution < 1.29 is 0 Å². The molecule has 0 radical (unpaired) electrons. The van der Waals surface area contributed by atoms with Crippen LogP contribution in [0.3, 0.4) is 0 Å². The van der Waals surface area contributed by atoms with Crippen molar-refractivity contribution >= 4 is 6.21 Å².